The molecule has 0 bridgehead atoms. The van der Waals surface area contributed by atoms with Crippen LogP contribution >= 0.6 is 0 Å². The molecule has 0 aromatic heterocycles. The molecule has 36 heavy (non-hydrogen) atoms. The first-order valence-electron chi connectivity index (χ1n) is 11.7. The van der Waals surface area contributed by atoms with Crippen LogP contribution in [0.5, 0.6) is 5.75 Å². The van der Waals surface area contributed by atoms with E-state index in [-0.39, 0.29) is 18.5 Å². The standard InChI is InChI=1S/C27H33N3O5S/c1-19(2)28-27(32)20(3)29(17-21-13-15-23(35-4)16-14-21)26(31)18-30(36(5,33)34)25-12-8-10-22-9-6-7-11-24(22)25/h6-16,19-20H,17-18H2,1-5H3,(H,28,32). The summed E-state index contributed by atoms with van der Waals surface area (Å²) in [4.78, 5) is 28.0. The minimum atomic E-state index is -3.82. The summed E-state index contributed by atoms with van der Waals surface area (Å²) in [5.74, 6) is -0.139. The number of nitrogens with one attached hydrogen (secondary N) is 1. The molecule has 1 unspecified atom stereocenters. The first kappa shape index (κ1) is 27.0. The Labute approximate surface area is 212 Å². The molecule has 1 atom stereocenters. The van der Waals surface area contributed by atoms with Gasteiger partial charge in [-0.3, -0.25) is 13.9 Å². The number of benzene rings is 3. The van der Waals surface area contributed by atoms with Gasteiger partial charge >= 0.3 is 0 Å². The number of ether oxygens (including phenoxy) is 1. The maximum Gasteiger partial charge on any atom is 0.244 e. The van der Waals surface area contributed by atoms with Crippen LogP contribution in [-0.4, -0.2) is 57.1 Å². The lowest BCUT2D eigenvalue weighted by Crippen LogP contribution is -2.52. The number of methoxy groups -OCH3 is 1. The number of anilines is 1. The van der Waals surface area contributed by atoms with Gasteiger partial charge in [-0.25, -0.2) is 8.42 Å². The number of carbonyl (C=O) groups is 2. The molecule has 8 nitrogen and oxygen atoms in total. The third-order valence-electron chi connectivity index (χ3n) is 5.82. The quantitative estimate of drug-likeness (QED) is 0.449. The number of nitrogens with zero attached hydrogens (tertiary/aromatic N) is 2. The number of carbonyl (C=O) groups excluding carboxylic acids is 2. The molecule has 9 heteroatoms. The molecular weight excluding hydrogens is 478 g/mol. The lowest BCUT2D eigenvalue weighted by atomic mass is 10.1. The van der Waals surface area contributed by atoms with Crippen LogP contribution in [0.15, 0.2) is 66.7 Å². The van der Waals surface area contributed by atoms with Crippen molar-refractivity contribution in [2.24, 2.45) is 0 Å². The van der Waals surface area contributed by atoms with Gasteiger partial charge in [-0.05, 0) is 49.9 Å². The summed E-state index contributed by atoms with van der Waals surface area (Å²) in [5, 5.41) is 4.41. The third-order valence-corrected chi connectivity index (χ3v) is 6.95. The van der Waals surface area contributed by atoms with Gasteiger partial charge in [-0.15, -0.1) is 0 Å². The molecule has 1 N–H and O–H groups in total. The highest BCUT2D eigenvalue weighted by molar-refractivity contribution is 7.92. The molecule has 0 spiro atoms. The zero-order valence-corrected chi connectivity index (χ0v) is 22.1. The maximum atomic E-state index is 13.7. The van der Waals surface area contributed by atoms with Gasteiger partial charge in [0.05, 0.1) is 19.1 Å². The van der Waals surface area contributed by atoms with Gasteiger partial charge in [0.1, 0.15) is 18.3 Å². The summed E-state index contributed by atoms with van der Waals surface area (Å²) in [6, 6.07) is 19.0. The first-order valence-corrected chi connectivity index (χ1v) is 13.5. The van der Waals surface area contributed by atoms with Crippen molar-refractivity contribution >= 4 is 38.3 Å². The second kappa shape index (κ2) is 11.4. The number of amides is 2. The summed E-state index contributed by atoms with van der Waals surface area (Å²) >= 11 is 0. The van der Waals surface area contributed by atoms with E-state index in [4.69, 9.17) is 4.74 Å². The molecule has 0 saturated carbocycles. The fourth-order valence-corrected chi connectivity index (χ4v) is 4.80. The van der Waals surface area contributed by atoms with Gasteiger partial charge in [0.2, 0.25) is 21.8 Å². The molecule has 3 rings (SSSR count). The number of rotatable bonds is 10. The minimum Gasteiger partial charge on any atom is -0.497 e. The summed E-state index contributed by atoms with van der Waals surface area (Å²) in [6.07, 6.45) is 1.07. The molecule has 0 fully saturated rings. The fraction of sp³-hybridized carbons (Fsp3) is 0.333. The van der Waals surface area contributed by atoms with Crippen molar-refractivity contribution in [1.82, 2.24) is 10.2 Å². The van der Waals surface area contributed by atoms with Gasteiger partial charge in [0, 0.05) is 18.0 Å². The average molecular weight is 512 g/mol. The SMILES string of the molecule is COc1ccc(CN(C(=O)CN(c2cccc3ccccc23)S(C)(=O)=O)C(C)C(=O)NC(C)C)cc1. The van der Waals surface area contributed by atoms with Crippen LogP contribution in [0.25, 0.3) is 10.8 Å². The van der Waals surface area contributed by atoms with E-state index in [9.17, 15) is 18.0 Å². The maximum absolute atomic E-state index is 13.7. The first-order chi connectivity index (χ1) is 17.0. The highest BCUT2D eigenvalue weighted by atomic mass is 32.2. The van der Waals surface area contributed by atoms with E-state index >= 15 is 0 Å². The van der Waals surface area contributed by atoms with Crippen molar-refractivity contribution in [3.8, 4) is 5.75 Å². The number of sulfonamides is 1. The molecule has 0 aliphatic rings. The zero-order valence-electron chi connectivity index (χ0n) is 21.3. The van der Waals surface area contributed by atoms with Crippen molar-refractivity contribution in [2.75, 3.05) is 24.2 Å². The second-order valence-corrected chi connectivity index (χ2v) is 10.9. The van der Waals surface area contributed by atoms with Crippen LogP contribution in [0.1, 0.15) is 26.3 Å². The Hall–Kier alpha value is -3.59. The van der Waals surface area contributed by atoms with Crippen LogP contribution < -0.4 is 14.4 Å². The van der Waals surface area contributed by atoms with Gasteiger partial charge in [-0.1, -0.05) is 48.5 Å². The number of fused-ring (bicyclic) bond motifs is 1. The van der Waals surface area contributed by atoms with Crippen molar-refractivity contribution in [3.63, 3.8) is 0 Å². The van der Waals surface area contributed by atoms with Crippen LogP contribution in [0.2, 0.25) is 0 Å². The summed E-state index contributed by atoms with van der Waals surface area (Å²) in [7, 11) is -2.25. The Bertz CT molecular complexity index is 1320. The molecule has 0 aliphatic heterocycles. The Morgan fingerprint density at radius 3 is 2.19 bits per heavy atom. The van der Waals surface area contributed by atoms with E-state index in [1.165, 1.54) is 4.90 Å². The third kappa shape index (κ3) is 6.54. The second-order valence-electron chi connectivity index (χ2n) is 8.98. The molecule has 0 heterocycles. The van der Waals surface area contributed by atoms with Crippen molar-refractivity contribution in [3.05, 3.63) is 72.3 Å². The molecule has 2 amide bonds. The normalized spacial score (nSPS) is 12.3. The van der Waals surface area contributed by atoms with Gasteiger partial charge < -0.3 is 15.0 Å². The van der Waals surface area contributed by atoms with Crippen LogP contribution in [0, 0.1) is 0 Å². The fourth-order valence-electron chi connectivity index (χ4n) is 3.94. The Morgan fingerprint density at radius 2 is 1.58 bits per heavy atom. The summed E-state index contributed by atoms with van der Waals surface area (Å²) < 4.78 is 32.1. The van der Waals surface area contributed by atoms with Crippen molar-refractivity contribution in [2.45, 2.75) is 39.4 Å². The minimum absolute atomic E-state index is 0.110. The molecule has 0 radical (unpaired) electrons. The average Bonchev–Trinajstić information content (AvgIpc) is 2.84. The Balaban J connectivity index is 1.98. The molecular formula is C27H33N3O5S. The van der Waals surface area contributed by atoms with E-state index in [1.807, 2.05) is 56.3 Å². The van der Waals surface area contributed by atoms with E-state index in [2.05, 4.69) is 5.32 Å². The van der Waals surface area contributed by atoms with Gasteiger partial charge in [-0.2, -0.15) is 0 Å². The predicted octanol–water partition coefficient (Wildman–Crippen LogP) is 3.56. The zero-order chi connectivity index (χ0) is 26.5. The lowest BCUT2D eigenvalue weighted by molar-refractivity contribution is -0.139. The number of hydrogen-bond acceptors (Lipinski definition) is 5. The molecule has 0 saturated heterocycles. The van der Waals surface area contributed by atoms with E-state index in [0.717, 1.165) is 21.5 Å². The largest absolute Gasteiger partial charge is 0.497 e. The Kier molecular flexibility index (Phi) is 8.57. The van der Waals surface area contributed by atoms with E-state index in [1.54, 1.807) is 38.3 Å². The van der Waals surface area contributed by atoms with Crippen molar-refractivity contribution < 1.29 is 22.7 Å². The van der Waals surface area contributed by atoms with Gasteiger partial charge in [0.25, 0.3) is 0 Å². The van der Waals surface area contributed by atoms with Crippen molar-refractivity contribution in [1.29, 1.82) is 0 Å². The highest BCUT2D eigenvalue weighted by Gasteiger charge is 2.30. The molecule has 192 valence electrons. The van der Waals surface area contributed by atoms with Crippen LogP contribution in [0.3, 0.4) is 0 Å². The Morgan fingerprint density at radius 1 is 0.944 bits per heavy atom. The van der Waals surface area contributed by atoms with Crippen LogP contribution in [-0.2, 0) is 26.2 Å². The van der Waals surface area contributed by atoms with Gasteiger partial charge in [0.15, 0.2) is 0 Å². The molecule has 0 aliphatic carbocycles. The smallest absolute Gasteiger partial charge is 0.244 e. The highest BCUT2D eigenvalue weighted by Crippen LogP contribution is 2.28. The van der Waals surface area contributed by atoms with E-state index in [0.29, 0.717) is 16.8 Å². The predicted molar refractivity (Wildman–Crippen MR) is 142 cm³/mol. The summed E-state index contributed by atoms with van der Waals surface area (Å²) in [5.41, 5.74) is 1.19. The van der Waals surface area contributed by atoms with E-state index < -0.39 is 28.5 Å². The number of hydrogen-bond donors (Lipinski definition) is 1. The summed E-state index contributed by atoms with van der Waals surface area (Å²) in [6.45, 7) is 5.01. The topological polar surface area (TPSA) is 96.0 Å². The van der Waals surface area contributed by atoms with Crippen LogP contribution in [0.4, 0.5) is 5.69 Å². The molecule has 3 aromatic carbocycles. The lowest BCUT2D eigenvalue weighted by Gasteiger charge is -2.32. The molecule has 3 aromatic rings. The monoisotopic (exact) mass is 511 g/mol.